The van der Waals surface area contributed by atoms with Gasteiger partial charge in [-0.1, -0.05) is 56.1 Å². The fourth-order valence-corrected chi connectivity index (χ4v) is 4.56. The molecule has 10 heteroatoms. The van der Waals surface area contributed by atoms with Gasteiger partial charge < -0.3 is 0 Å². The summed E-state index contributed by atoms with van der Waals surface area (Å²) in [4.78, 5) is 0.0715. The molecule has 0 atom stereocenters. The summed E-state index contributed by atoms with van der Waals surface area (Å²) in [5.74, 6) is 0. The lowest BCUT2D eigenvalue weighted by molar-refractivity contribution is -0.140. The van der Waals surface area contributed by atoms with Crippen LogP contribution in [-0.4, -0.2) is 24.5 Å². The third-order valence-electron chi connectivity index (χ3n) is 4.91. The second kappa shape index (κ2) is 8.73. The van der Waals surface area contributed by atoms with Crippen molar-refractivity contribution in [1.29, 1.82) is 0 Å². The summed E-state index contributed by atoms with van der Waals surface area (Å²) in [6.45, 7) is 0. The van der Waals surface area contributed by atoms with Crippen molar-refractivity contribution in [2.75, 3.05) is 6.26 Å². The number of nitrogens with zero attached hydrogens (tertiary/aromatic N) is 2. The summed E-state index contributed by atoms with van der Waals surface area (Å²) in [6, 6.07) is 18.9. The van der Waals surface area contributed by atoms with Crippen LogP contribution in [0.1, 0.15) is 5.69 Å². The Labute approximate surface area is 205 Å². The monoisotopic (exact) mass is 598 g/mol. The largest absolute Gasteiger partial charge is 0.435 e. The van der Waals surface area contributed by atoms with Gasteiger partial charge >= 0.3 is 6.18 Å². The van der Waals surface area contributed by atoms with Gasteiger partial charge in [0.25, 0.3) is 0 Å². The lowest BCUT2D eigenvalue weighted by Gasteiger charge is -2.12. The lowest BCUT2D eigenvalue weighted by Crippen LogP contribution is -2.08. The van der Waals surface area contributed by atoms with Crippen molar-refractivity contribution >= 4 is 41.7 Å². The topological polar surface area (TPSA) is 52.0 Å². The molecule has 0 amide bonds. The third-order valence-corrected chi connectivity index (χ3v) is 7.10. The summed E-state index contributed by atoms with van der Waals surface area (Å²) < 4.78 is 68.9. The maximum atomic E-state index is 14.2. The lowest BCUT2D eigenvalue weighted by atomic mass is 9.98. The first-order valence-corrected chi connectivity index (χ1v) is 13.0. The molecule has 3 aromatic carbocycles. The number of benzene rings is 3. The number of alkyl halides is 3. The zero-order valence-electron chi connectivity index (χ0n) is 16.9. The molecule has 0 fully saturated rings. The quantitative estimate of drug-likeness (QED) is 0.250. The van der Waals surface area contributed by atoms with Gasteiger partial charge in [-0.2, -0.15) is 18.3 Å². The van der Waals surface area contributed by atoms with Crippen molar-refractivity contribution in [1.82, 2.24) is 9.78 Å². The van der Waals surface area contributed by atoms with E-state index in [4.69, 9.17) is 0 Å². The summed E-state index contributed by atoms with van der Waals surface area (Å²) >= 11 is 6.64. The molecule has 1 aromatic heterocycles. The Morgan fingerprint density at radius 1 is 0.788 bits per heavy atom. The molecule has 0 spiro atoms. The van der Waals surface area contributed by atoms with E-state index in [0.29, 0.717) is 16.8 Å². The van der Waals surface area contributed by atoms with E-state index in [0.717, 1.165) is 15.2 Å². The minimum absolute atomic E-state index is 0.0715. The first-order valence-electron chi connectivity index (χ1n) is 9.48. The molecular weight excluding hydrogens is 585 g/mol. The minimum atomic E-state index is -4.72. The van der Waals surface area contributed by atoms with Crippen molar-refractivity contribution in [3.05, 3.63) is 87.4 Å². The van der Waals surface area contributed by atoms with Crippen LogP contribution in [0.3, 0.4) is 0 Å². The van der Waals surface area contributed by atoms with Crippen LogP contribution in [0.15, 0.2) is 86.6 Å². The molecule has 1 heterocycles. The molecule has 0 radical (unpaired) electrons. The van der Waals surface area contributed by atoms with Crippen molar-refractivity contribution in [2.24, 2.45) is 0 Å². The van der Waals surface area contributed by atoms with Crippen LogP contribution in [0.4, 0.5) is 13.2 Å². The summed E-state index contributed by atoms with van der Waals surface area (Å²) in [7, 11) is -3.47. The average molecular weight is 600 g/mol. The second-order valence-corrected chi connectivity index (χ2v) is 11.1. The Hall–Kier alpha value is -2.43. The zero-order chi connectivity index (χ0) is 24.0. The molecule has 0 aliphatic rings. The van der Waals surface area contributed by atoms with Gasteiger partial charge in [0.05, 0.1) is 16.3 Å². The van der Waals surface area contributed by atoms with E-state index in [2.05, 4.69) is 37.0 Å². The highest BCUT2D eigenvalue weighted by molar-refractivity contribution is 9.10. The molecule has 4 nitrogen and oxygen atoms in total. The fraction of sp³-hybridized carbons (Fsp3) is 0.0870. The first-order chi connectivity index (χ1) is 15.4. The Balaban J connectivity index is 2.07. The van der Waals surface area contributed by atoms with Gasteiger partial charge in [0, 0.05) is 26.3 Å². The molecule has 0 N–H and O–H groups in total. The van der Waals surface area contributed by atoms with Gasteiger partial charge in [0.1, 0.15) is 0 Å². The molecule has 0 bridgehead atoms. The number of halogens is 5. The summed E-state index contributed by atoms with van der Waals surface area (Å²) in [5.41, 5.74) is 0.226. The molecule has 0 unspecified atom stereocenters. The van der Waals surface area contributed by atoms with E-state index in [-0.39, 0.29) is 16.2 Å². The minimum Gasteiger partial charge on any atom is -0.232 e. The van der Waals surface area contributed by atoms with Gasteiger partial charge in [-0.25, -0.2) is 13.1 Å². The normalized spacial score (nSPS) is 12.2. The van der Waals surface area contributed by atoms with E-state index in [1.54, 1.807) is 48.5 Å². The van der Waals surface area contributed by atoms with Crippen LogP contribution in [0.25, 0.3) is 28.1 Å². The first kappa shape index (κ1) is 23.7. The highest BCUT2D eigenvalue weighted by atomic mass is 79.9. The smallest absolute Gasteiger partial charge is 0.232 e. The summed E-state index contributed by atoms with van der Waals surface area (Å²) in [6.07, 6.45) is -3.65. The van der Waals surface area contributed by atoms with E-state index < -0.39 is 21.7 Å². The third kappa shape index (κ3) is 4.92. The van der Waals surface area contributed by atoms with Crippen LogP contribution < -0.4 is 0 Å². The fourth-order valence-electron chi connectivity index (χ4n) is 3.40. The van der Waals surface area contributed by atoms with Crippen LogP contribution in [0.5, 0.6) is 0 Å². The standard InChI is InChI=1S/C23H15Br2F3N2O2S/c1-33(31,32)19-12-4-15(5-13-19)21-20(14-2-6-16(24)7-3-14)22(23(26,27)28)29-30(21)18-10-8-17(25)9-11-18/h2-13H,1H3. The number of hydrogen-bond acceptors (Lipinski definition) is 3. The van der Waals surface area contributed by atoms with Crippen LogP contribution in [0.2, 0.25) is 0 Å². The van der Waals surface area contributed by atoms with Crippen molar-refractivity contribution in [3.8, 4) is 28.1 Å². The van der Waals surface area contributed by atoms with Gasteiger partial charge in [-0.3, -0.25) is 0 Å². The molecule has 170 valence electrons. The van der Waals surface area contributed by atoms with E-state index in [9.17, 15) is 21.6 Å². The Kier molecular flexibility index (Phi) is 6.28. The van der Waals surface area contributed by atoms with Gasteiger partial charge in [-0.15, -0.1) is 0 Å². The maximum Gasteiger partial charge on any atom is 0.435 e. The Bertz CT molecular complexity index is 1410. The van der Waals surface area contributed by atoms with Crippen molar-refractivity contribution in [3.63, 3.8) is 0 Å². The molecule has 0 saturated carbocycles. The number of sulfone groups is 1. The maximum absolute atomic E-state index is 14.2. The highest BCUT2D eigenvalue weighted by Gasteiger charge is 2.40. The Morgan fingerprint density at radius 2 is 1.27 bits per heavy atom. The predicted octanol–water partition coefficient (Wildman–Crippen LogP) is 7.15. The van der Waals surface area contributed by atoms with Gasteiger partial charge in [0.15, 0.2) is 15.5 Å². The summed E-state index contributed by atoms with van der Waals surface area (Å²) in [5, 5.41) is 3.97. The molecule has 0 aliphatic heterocycles. The number of hydrogen-bond donors (Lipinski definition) is 0. The second-order valence-electron chi connectivity index (χ2n) is 7.26. The van der Waals surface area contributed by atoms with Crippen molar-refractivity contribution in [2.45, 2.75) is 11.1 Å². The molecule has 4 rings (SSSR count). The van der Waals surface area contributed by atoms with E-state index in [1.807, 2.05) is 0 Å². The molecule has 4 aromatic rings. The Morgan fingerprint density at radius 3 is 1.76 bits per heavy atom. The zero-order valence-corrected chi connectivity index (χ0v) is 20.9. The number of rotatable bonds is 4. The van der Waals surface area contributed by atoms with E-state index >= 15 is 0 Å². The van der Waals surface area contributed by atoms with Crippen LogP contribution in [0, 0.1) is 0 Å². The van der Waals surface area contributed by atoms with Crippen LogP contribution >= 0.6 is 31.9 Å². The van der Waals surface area contributed by atoms with Gasteiger partial charge in [0.2, 0.25) is 0 Å². The molecular formula is C23H15Br2F3N2O2S. The molecule has 33 heavy (non-hydrogen) atoms. The van der Waals surface area contributed by atoms with Crippen molar-refractivity contribution < 1.29 is 21.6 Å². The molecule has 0 saturated heterocycles. The highest BCUT2D eigenvalue weighted by Crippen LogP contribution is 2.43. The van der Waals surface area contributed by atoms with Crippen LogP contribution in [-0.2, 0) is 16.0 Å². The average Bonchev–Trinajstić information content (AvgIpc) is 3.15. The van der Waals surface area contributed by atoms with E-state index in [1.165, 1.54) is 28.9 Å². The predicted molar refractivity (Wildman–Crippen MR) is 128 cm³/mol. The SMILES string of the molecule is CS(=O)(=O)c1ccc(-c2c(-c3ccc(Br)cc3)c(C(F)(F)F)nn2-c2ccc(Br)cc2)cc1. The number of aromatic nitrogens is 2. The molecule has 0 aliphatic carbocycles. The van der Waals surface area contributed by atoms with Gasteiger partial charge in [-0.05, 0) is 54.1 Å².